The molecule has 0 aliphatic heterocycles. The van der Waals surface area contributed by atoms with Gasteiger partial charge in [-0.05, 0) is 6.92 Å². The van der Waals surface area contributed by atoms with Crippen molar-refractivity contribution in [2.45, 2.75) is 6.92 Å². The van der Waals surface area contributed by atoms with Crippen LogP contribution in [-0.4, -0.2) is 16.7 Å². The Bertz CT molecular complexity index is 270. The predicted molar refractivity (Wildman–Crippen MR) is 44.4 cm³/mol. The SMILES string of the molecule is C=NNc1ncnc(N)c1C. The first-order valence-electron chi connectivity index (χ1n) is 3.04. The van der Waals surface area contributed by atoms with E-state index >= 15 is 0 Å². The molecule has 0 atom stereocenters. The third kappa shape index (κ3) is 1.43. The van der Waals surface area contributed by atoms with E-state index in [-0.39, 0.29) is 0 Å². The zero-order valence-corrected chi connectivity index (χ0v) is 6.20. The van der Waals surface area contributed by atoms with Crippen LogP contribution in [0.15, 0.2) is 11.4 Å². The van der Waals surface area contributed by atoms with E-state index in [1.807, 2.05) is 6.92 Å². The molecule has 1 heterocycles. The second-order valence-corrected chi connectivity index (χ2v) is 2.00. The van der Waals surface area contributed by atoms with E-state index in [0.717, 1.165) is 5.56 Å². The quantitative estimate of drug-likeness (QED) is 0.473. The van der Waals surface area contributed by atoms with Crippen molar-refractivity contribution < 1.29 is 0 Å². The van der Waals surface area contributed by atoms with Gasteiger partial charge in [0.1, 0.15) is 12.1 Å². The van der Waals surface area contributed by atoms with Crippen LogP contribution in [0.4, 0.5) is 11.6 Å². The third-order valence-electron chi connectivity index (χ3n) is 1.31. The van der Waals surface area contributed by atoms with Crippen LogP contribution in [0.5, 0.6) is 0 Å². The number of nitrogens with one attached hydrogen (secondary N) is 1. The highest BCUT2D eigenvalue weighted by molar-refractivity contribution is 5.54. The summed E-state index contributed by atoms with van der Waals surface area (Å²) in [6.07, 6.45) is 1.37. The second-order valence-electron chi connectivity index (χ2n) is 2.00. The topological polar surface area (TPSA) is 76.2 Å². The number of nitrogens with two attached hydrogens (primary N) is 1. The van der Waals surface area contributed by atoms with Crippen molar-refractivity contribution in [2.24, 2.45) is 5.10 Å². The van der Waals surface area contributed by atoms with Gasteiger partial charge in [-0.15, -0.1) is 0 Å². The normalized spacial score (nSPS) is 9.18. The average molecular weight is 151 g/mol. The van der Waals surface area contributed by atoms with Crippen molar-refractivity contribution in [3.8, 4) is 0 Å². The van der Waals surface area contributed by atoms with Crippen LogP contribution in [0.1, 0.15) is 5.56 Å². The van der Waals surface area contributed by atoms with Crippen LogP contribution in [0.25, 0.3) is 0 Å². The average Bonchev–Trinajstić information content (AvgIpc) is 1.99. The first-order valence-corrected chi connectivity index (χ1v) is 3.04. The zero-order valence-electron chi connectivity index (χ0n) is 6.20. The highest BCUT2D eigenvalue weighted by Gasteiger charge is 2.00. The lowest BCUT2D eigenvalue weighted by Crippen LogP contribution is -2.00. The van der Waals surface area contributed by atoms with Gasteiger partial charge in [-0.1, -0.05) is 0 Å². The summed E-state index contributed by atoms with van der Waals surface area (Å²) in [6.45, 7) is 5.07. The monoisotopic (exact) mass is 151 g/mol. The second kappa shape index (κ2) is 2.96. The van der Waals surface area contributed by atoms with Crippen LogP contribution in [-0.2, 0) is 0 Å². The summed E-state index contributed by atoms with van der Waals surface area (Å²) >= 11 is 0. The van der Waals surface area contributed by atoms with E-state index in [0.29, 0.717) is 11.6 Å². The molecular formula is C6H9N5. The van der Waals surface area contributed by atoms with E-state index in [4.69, 9.17) is 5.73 Å². The summed E-state index contributed by atoms with van der Waals surface area (Å²) in [4.78, 5) is 7.68. The number of nitrogen functional groups attached to an aromatic ring is 1. The lowest BCUT2D eigenvalue weighted by Gasteiger charge is -2.03. The van der Waals surface area contributed by atoms with Gasteiger partial charge in [0.2, 0.25) is 0 Å². The van der Waals surface area contributed by atoms with Crippen molar-refractivity contribution in [2.75, 3.05) is 11.2 Å². The Hall–Kier alpha value is -1.65. The number of hydrogen-bond acceptors (Lipinski definition) is 5. The number of hydrazone groups is 1. The van der Waals surface area contributed by atoms with Gasteiger partial charge in [-0.3, -0.25) is 5.43 Å². The lowest BCUT2D eigenvalue weighted by molar-refractivity contribution is 1.11. The van der Waals surface area contributed by atoms with Crippen molar-refractivity contribution in [1.82, 2.24) is 9.97 Å². The summed E-state index contributed by atoms with van der Waals surface area (Å²) in [7, 11) is 0. The van der Waals surface area contributed by atoms with Gasteiger partial charge >= 0.3 is 0 Å². The molecule has 1 aromatic heterocycles. The molecule has 1 rings (SSSR count). The Morgan fingerprint density at radius 3 is 3.00 bits per heavy atom. The van der Waals surface area contributed by atoms with Gasteiger partial charge in [0.05, 0.1) is 0 Å². The van der Waals surface area contributed by atoms with Crippen LogP contribution in [0.3, 0.4) is 0 Å². The smallest absolute Gasteiger partial charge is 0.154 e. The molecule has 0 aliphatic carbocycles. The fraction of sp³-hybridized carbons (Fsp3) is 0.167. The molecule has 0 amide bonds. The largest absolute Gasteiger partial charge is 0.383 e. The molecule has 0 aromatic carbocycles. The van der Waals surface area contributed by atoms with Gasteiger partial charge < -0.3 is 5.73 Å². The van der Waals surface area contributed by atoms with Gasteiger partial charge in [-0.2, -0.15) is 5.10 Å². The molecule has 0 saturated heterocycles. The zero-order chi connectivity index (χ0) is 8.27. The van der Waals surface area contributed by atoms with Gasteiger partial charge in [0.15, 0.2) is 5.82 Å². The maximum Gasteiger partial charge on any atom is 0.154 e. The molecule has 0 fully saturated rings. The van der Waals surface area contributed by atoms with Crippen LogP contribution in [0, 0.1) is 6.92 Å². The van der Waals surface area contributed by atoms with E-state index in [9.17, 15) is 0 Å². The summed E-state index contributed by atoms with van der Waals surface area (Å²) in [6, 6.07) is 0. The fourth-order valence-electron chi connectivity index (χ4n) is 0.651. The van der Waals surface area contributed by atoms with Crippen molar-refractivity contribution in [3.05, 3.63) is 11.9 Å². The molecule has 0 aliphatic rings. The van der Waals surface area contributed by atoms with Gasteiger partial charge in [0, 0.05) is 12.3 Å². The van der Waals surface area contributed by atoms with Crippen molar-refractivity contribution in [1.29, 1.82) is 0 Å². The number of hydrogen-bond donors (Lipinski definition) is 2. The van der Waals surface area contributed by atoms with Crippen molar-refractivity contribution >= 4 is 18.4 Å². The first-order chi connectivity index (χ1) is 5.25. The number of rotatable bonds is 2. The number of nitrogens with zero attached hydrogens (tertiary/aromatic N) is 3. The minimum absolute atomic E-state index is 0.450. The van der Waals surface area contributed by atoms with Crippen LogP contribution < -0.4 is 11.2 Å². The first kappa shape index (κ1) is 7.46. The summed E-state index contributed by atoms with van der Waals surface area (Å²) in [5.41, 5.74) is 8.87. The molecule has 0 spiro atoms. The minimum Gasteiger partial charge on any atom is -0.383 e. The standard InChI is InChI=1S/C6H9N5/c1-4-5(7)9-3-10-6(4)11-8-2/h3H,2H2,1H3,(H3,7,9,10,11). The Kier molecular flexibility index (Phi) is 2.00. The maximum atomic E-state index is 5.50. The highest BCUT2D eigenvalue weighted by atomic mass is 15.3. The molecule has 0 unspecified atom stereocenters. The van der Waals surface area contributed by atoms with E-state index in [2.05, 4.69) is 27.2 Å². The van der Waals surface area contributed by atoms with Crippen LogP contribution in [0.2, 0.25) is 0 Å². The number of aromatic nitrogens is 2. The predicted octanol–water partition coefficient (Wildman–Crippen LogP) is 0.395. The Balaban J connectivity index is 3.05. The Morgan fingerprint density at radius 1 is 1.64 bits per heavy atom. The fourth-order valence-corrected chi connectivity index (χ4v) is 0.651. The van der Waals surface area contributed by atoms with Gasteiger partial charge in [0.25, 0.3) is 0 Å². The summed E-state index contributed by atoms with van der Waals surface area (Å²) < 4.78 is 0. The van der Waals surface area contributed by atoms with E-state index in [1.54, 1.807) is 0 Å². The molecule has 0 bridgehead atoms. The molecule has 5 heteroatoms. The van der Waals surface area contributed by atoms with Crippen molar-refractivity contribution in [3.63, 3.8) is 0 Å². The molecule has 58 valence electrons. The van der Waals surface area contributed by atoms with Crippen LogP contribution >= 0.6 is 0 Å². The molecular weight excluding hydrogens is 142 g/mol. The lowest BCUT2D eigenvalue weighted by atomic mass is 10.3. The highest BCUT2D eigenvalue weighted by Crippen LogP contribution is 2.13. The van der Waals surface area contributed by atoms with E-state index < -0.39 is 0 Å². The maximum absolute atomic E-state index is 5.50. The minimum atomic E-state index is 0.450. The molecule has 0 saturated carbocycles. The van der Waals surface area contributed by atoms with E-state index in [1.165, 1.54) is 6.33 Å². The van der Waals surface area contributed by atoms with Gasteiger partial charge in [-0.25, -0.2) is 9.97 Å². The molecule has 5 nitrogen and oxygen atoms in total. The summed E-state index contributed by atoms with van der Waals surface area (Å²) in [5.74, 6) is 1.04. The number of anilines is 2. The Labute approximate surface area is 64.4 Å². The summed E-state index contributed by atoms with van der Waals surface area (Å²) in [5, 5.41) is 3.46. The molecule has 11 heavy (non-hydrogen) atoms. The third-order valence-corrected chi connectivity index (χ3v) is 1.31. The molecule has 1 aromatic rings. The Morgan fingerprint density at radius 2 is 2.36 bits per heavy atom. The molecule has 3 N–H and O–H groups in total. The molecule has 0 radical (unpaired) electrons.